The van der Waals surface area contributed by atoms with E-state index in [4.69, 9.17) is 16.7 Å². The van der Waals surface area contributed by atoms with E-state index in [9.17, 15) is 14.0 Å². The zero-order chi connectivity index (χ0) is 16.2. The van der Waals surface area contributed by atoms with E-state index < -0.39 is 29.3 Å². The molecule has 0 aliphatic carbocycles. The third-order valence-electron chi connectivity index (χ3n) is 2.91. The standard InChI is InChI=1S/C14H18ClFN2O3/c1-14(2,3)11(7-12(19)20)18-13(21)17-8-4-5-9(15)10(16)6-8/h4-6,11H,7H2,1-3H3,(H,19,20)(H2,17,18,21). The van der Waals surface area contributed by atoms with Crippen LogP contribution < -0.4 is 10.6 Å². The zero-order valence-corrected chi connectivity index (χ0v) is 12.8. The van der Waals surface area contributed by atoms with Gasteiger partial charge in [0.1, 0.15) is 5.82 Å². The molecule has 0 spiro atoms. The molecule has 1 atom stereocenters. The molecule has 0 saturated heterocycles. The van der Waals surface area contributed by atoms with Crippen molar-refractivity contribution in [3.8, 4) is 0 Å². The minimum Gasteiger partial charge on any atom is -0.481 e. The molecule has 1 aromatic rings. The van der Waals surface area contributed by atoms with Crippen LogP contribution in [0, 0.1) is 11.2 Å². The highest BCUT2D eigenvalue weighted by atomic mass is 35.5. The lowest BCUT2D eigenvalue weighted by atomic mass is 9.85. The lowest BCUT2D eigenvalue weighted by molar-refractivity contribution is -0.138. The molecule has 0 aliphatic rings. The molecule has 2 amide bonds. The summed E-state index contributed by atoms with van der Waals surface area (Å²) in [5.41, 5.74) is -0.196. The number of carbonyl (C=O) groups is 2. The third-order valence-corrected chi connectivity index (χ3v) is 3.21. The number of urea groups is 1. The molecule has 0 heterocycles. The topological polar surface area (TPSA) is 78.4 Å². The Labute approximate surface area is 127 Å². The van der Waals surface area contributed by atoms with Crippen molar-refractivity contribution in [2.75, 3.05) is 5.32 Å². The Hall–Kier alpha value is -1.82. The van der Waals surface area contributed by atoms with Gasteiger partial charge in [0.15, 0.2) is 0 Å². The fraction of sp³-hybridized carbons (Fsp3) is 0.429. The van der Waals surface area contributed by atoms with E-state index in [0.717, 1.165) is 6.07 Å². The van der Waals surface area contributed by atoms with Crippen LogP contribution in [0.25, 0.3) is 0 Å². The molecule has 0 bridgehead atoms. The maximum Gasteiger partial charge on any atom is 0.319 e. The summed E-state index contributed by atoms with van der Waals surface area (Å²) in [4.78, 5) is 22.7. The quantitative estimate of drug-likeness (QED) is 0.795. The molecular formula is C14H18ClFN2O3. The van der Waals surface area contributed by atoms with Crippen LogP contribution >= 0.6 is 11.6 Å². The van der Waals surface area contributed by atoms with Crippen molar-refractivity contribution in [3.63, 3.8) is 0 Å². The molecule has 7 heteroatoms. The van der Waals surface area contributed by atoms with E-state index in [1.807, 2.05) is 20.8 Å². The fourth-order valence-corrected chi connectivity index (χ4v) is 1.77. The van der Waals surface area contributed by atoms with Crippen LogP contribution in [0.3, 0.4) is 0 Å². The minimum absolute atomic E-state index is 0.0422. The number of carboxylic acids is 1. The Morgan fingerprint density at radius 2 is 2.00 bits per heavy atom. The van der Waals surface area contributed by atoms with Crippen molar-refractivity contribution in [1.82, 2.24) is 5.32 Å². The number of amides is 2. The van der Waals surface area contributed by atoms with Gasteiger partial charge in [0.25, 0.3) is 0 Å². The highest BCUT2D eigenvalue weighted by Crippen LogP contribution is 2.22. The molecule has 0 radical (unpaired) electrons. The third kappa shape index (κ3) is 5.59. The smallest absolute Gasteiger partial charge is 0.319 e. The first-order chi connectivity index (χ1) is 9.59. The molecule has 0 aromatic heterocycles. The second-order valence-electron chi connectivity index (χ2n) is 5.74. The van der Waals surface area contributed by atoms with Crippen LogP contribution in [-0.2, 0) is 4.79 Å². The Morgan fingerprint density at radius 1 is 1.38 bits per heavy atom. The molecule has 1 rings (SSSR count). The van der Waals surface area contributed by atoms with Gasteiger partial charge in [-0.1, -0.05) is 32.4 Å². The molecule has 0 fully saturated rings. The number of nitrogens with one attached hydrogen (secondary N) is 2. The van der Waals surface area contributed by atoms with Crippen molar-refractivity contribution in [1.29, 1.82) is 0 Å². The van der Waals surface area contributed by atoms with Crippen LogP contribution in [0.4, 0.5) is 14.9 Å². The second kappa shape index (κ2) is 6.76. The molecular weight excluding hydrogens is 299 g/mol. The number of benzene rings is 1. The van der Waals surface area contributed by atoms with Gasteiger partial charge in [0.2, 0.25) is 0 Å². The Kier molecular flexibility index (Phi) is 5.54. The molecule has 1 aromatic carbocycles. The first kappa shape index (κ1) is 17.2. The van der Waals surface area contributed by atoms with Gasteiger partial charge in [0.05, 0.1) is 11.4 Å². The minimum atomic E-state index is -1.01. The number of carboxylic acid groups (broad SMARTS) is 1. The summed E-state index contributed by atoms with van der Waals surface area (Å²) >= 11 is 5.55. The second-order valence-corrected chi connectivity index (χ2v) is 6.15. The molecule has 3 N–H and O–H groups in total. The molecule has 0 saturated carbocycles. The maximum atomic E-state index is 13.3. The van der Waals surface area contributed by atoms with Gasteiger partial charge in [-0.05, 0) is 23.6 Å². The van der Waals surface area contributed by atoms with Crippen molar-refractivity contribution in [2.24, 2.45) is 5.41 Å². The number of hydrogen-bond donors (Lipinski definition) is 3. The van der Waals surface area contributed by atoms with E-state index in [1.54, 1.807) is 0 Å². The van der Waals surface area contributed by atoms with Gasteiger partial charge < -0.3 is 15.7 Å². The largest absolute Gasteiger partial charge is 0.481 e. The average molecular weight is 317 g/mol. The Bertz CT molecular complexity index is 544. The lowest BCUT2D eigenvalue weighted by Gasteiger charge is -2.30. The number of halogens is 2. The number of carbonyl (C=O) groups excluding carboxylic acids is 1. The van der Waals surface area contributed by atoms with Crippen molar-refractivity contribution in [3.05, 3.63) is 29.0 Å². The van der Waals surface area contributed by atoms with E-state index in [1.165, 1.54) is 12.1 Å². The summed E-state index contributed by atoms with van der Waals surface area (Å²) in [5.74, 6) is -1.65. The highest BCUT2D eigenvalue weighted by Gasteiger charge is 2.28. The number of aliphatic carboxylic acids is 1. The molecule has 116 valence electrons. The Morgan fingerprint density at radius 3 is 2.48 bits per heavy atom. The summed E-state index contributed by atoms with van der Waals surface area (Å²) in [5, 5.41) is 13.9. The van der Waals surface area contributed by atoms with Crippen LogP contribution in [0.2, 0.25) is 5.02 Å². The summed E-state index contributed by atoms with van der Waals surface area (Å²) in [6, 6.07) is 2.70. The van der Waals surface area contributed by atoms with E-state index >= 15 is 0 Å². The van der Waals surface area contributed by atoms with Crippen LogP contribution in [0.15, 0.2) is 18.2 Å². The first-order valence-electron chi connectivity index (χ1n) is 6.34. The molecule has 5 nitrogen and oxygen atoms in total. The molecule has 0 aliphatic heterocycles. The molecule has 21 heavy (non-hydrogen) atoms. The van der Waals surface area contributed by atoms with E-state index in [-0.39, 0.29) is 17.1 Å². The van der Waals surface area contributed by atoms with Crippen LogP contribution in [-0.4, -0.2) is 23.1 Å². The highest BCUT2D eigenvalue weighted by molar-refractivity contribution is 6.30. The fourth-order valence-electron chi connectivity index (χ4n) is 1.65. The first-order valence-corrected chi connectivity index (χ1v) is 6.71. The van der Waals surface area contributed by atoms with E-state index in [0.29, 0.717) is 0 Å². The summed E-state index contributed by atoms with van der Waals surface area (Å²) in [7, 11) is 0. The predicted octanol–water partition coefficient (Wildman–Crippen LogP) is 3.49. The summed E-state index contributed by atoms with van der Waals surface area (Å²) in [6.45, 7) is 5.47. The number of rotatable bonds is 4. The van der Waals surface area contributed by atoms with Gasteiger partial charge >= 0.3 is 12.0 Å². The van der Waals surface area contributed by atoms with Crippen molar-refractivity contribution >= 4 is 29.3 Å². The SMILES string of the molecule is CC(C)(C)C(CC(=O)O)NC(=O)Nc1ccc(Cl)c(F)c1. The normalized spacial score (nSPS) is 12.6. The van der Waals surface area contributed by atoms with Gasteiger partial charge in [-0.15, -0.1) is 0 Å². The predicted molar refractivity (Wildman–Crippen MR) is 79.1 cm³/mol. The monoisotopic (exact) mass is 316 g/mol. The summed E-state index contributed by atoms with van der Waals surface area (Å²) in [6.07, 6.45) is -0.202. The van der Waals surface area contributed by atoms with Crippen molar-refractivity contribution in [2.45, 2.75) is 33.2 Å². The maximum absolute atomic E-state index is 13.3. The zero-order valence-electron chi connectivity index (χ0n) is 12.0. The van der Waals surface area contributed by atoms with Crippen LogP contribution in [0.1, 0.15) is 27.2 Å². The van der Waals surface area contributed by atoms with Gasteiger partial charge in [-0.3, -0.25) is 4.79 Å². The lowest BCUT2D eigenvalue weighted by Crippen LogP contribution is -2.46. The number of hydrogen-bond acceptors (Lipinski definition) is 2. The van der Waals surface area contributed by atoms with Gasteiger partial charge in [-0.25, -0.2) is 9.18 Å². The van der Waals surface area contributed by atoms with Gasteiger partial charge in [0, 0.05) is 11.7 Å². The summed E-state index contributed by atoms with van der Waals surface area (Å²) < 4.78 is 13.3. The van der Waals surface area contributed by atoms with Crippen LogP contribution in [0.5, 0.6) is 0 Å². The average Bonchev–Trinajstić information content (AvgIpc) is 2.31. The van der Waals surface area contributed by atoms with Crippen molar-refractivity contribution < 1.29 is 19.1 Å². The van der Waals surface area contributed by atoms with Gasteiger partial charge in [-0.2, -0.15) is 0 Å². The van der Waals surface area contributed by atoms with E-state index in [2.05, 4.69) is 10.6 Å². The molecule has 1 unspecified atom stereocenters. The number of anilines is 1. The Balaban J connectivity index is 2.73.